The fraction of sp³-hybridized carbons (Fsp3) is 0.125. The number of para-hydroxylation sites is 2. The number of hydrogen-bond donors (Lipinski definition) is 1. The van der Waals surface area contributed by atoms with Gasteiger partial charge in [0.2, 0.25) is 0 Å². The number of hydrogen-bond acceptors (Lipinski definition) is 3. The lowest BCUT2D eigenvalue weighted by atomic mass is 10.2. The number of fused-ring (bicyclic) bond motifs is 1. The quantitative estimate of drug-likeness (QED) is 0.791. The van der Waals surface area contributed by atoms with Gasteiger partial charge in [0.1, 0.15) is 0 Å². The van der Waals surface area contributed by atoms with Crippen LogP contribution in [0, 0.1) is 0 Å². The van der Waals surface area contributed by atoms with Gasteiger partial charge in [0, 0.05) is 7.05 Å². The summed E-state index contributed by atoms with van der Waals surface area (Å²) < 4.78 is 1.75. The van der Waals surface area contributed by atoms with Gasteiger partial charge in [-0.3, -0.25) is 9.36 Å². The van der Waals surface area contributed by atoms with Gasteiger partial charge >= 0.3 is 0 Å². The molecule has 0 bridgehead atoms. The Balaban J connectivity index is 2.22. The summed E-state index contributed by atoms with van der Waals surface area (Å²) in [5.41, 5.74) is 2.65. The van der Waals surface area contributed by atoms with Gasteiger partial charge in [0.25, 0.3) is 5.56 Å². The number of nitrogens with one attached hydrogen (secondary N) is 1. The molecule has 0 fully saturated rings. The molecule has 0 saturated heterocycles. The Labute approximate surface area is 116 Å². The highest BCUT2D eigenvalue weighted by Gasteiger charge is 2.09. The van der Waals surface area contributed by atoms with Crippen LogP contribution in [-0.4, -0.2) is 16.6 Å². The summed E-state index contributed by atoms with van der Waals surface area (Å²) in [5.74, 6) is 0.375. The van der Waals surface area contributed by atoms with Crippen LogP contribution in [0.4, 0.5) is 5.82 Å². The normalized spacial score (nSPS) is 10.7. The Morgan fingerprint density at radius 1 is 1.05 bits per heavy atom. The summed E-state index contributed by atoms with van der Waals surface area (Å²) in [5, 5.41) is 2.87. The molecule has 1 heterocycles. The molecule has 3 rings (SSSR count). The van der Waals surface area contributed by atoms with Crippen LogP contribution in [0.2, 0.25) is 0 Å². The van der Waals surface area contributed by atoms with Crippen molar-refractivity contribution in [3.8, 4) is 0 Å². The van der Waals surface area contributed by atoms with E-state index in [4.69, 9.17) is 0 Å². The summed E-state index contributed by atoms with van der Waals surface area (Å²) in [7, 11) is 1.71. The largest absolute Gasteiger partial charge is 0.369 e. The van der Waals surface area contributed by atoms with Crippen molar-refractivity contribution < 1.29 is 0 Å². The van der Waals surface area contributed by atoms with Gasteiger partial charge in [-0.25, -0.2) is 4.98 Å². The molecule has 0 aliphatic carbocycles. The maximum absolute atomic E-state index is 12.5. The van der Waals surface area contributed by atoms with Crippen molar-refractivity contribution in [1.82, 2.24) is 9.55 Å². The summed E-state index contributed by atoms with van der Waals surface area (Å²) in [6.07, 6.45) is 0. The maximum atomic E-state index is 12.5. The standard InChI is InChI=1S/C16H15N3O/c1-17-15-16(20)19(11-12-7-3-2-4-8-12)14-10-6-5-9-13(14)18-15/h2-10H,11H2,1H3,(H,17,18). The van der Waals surface area contributed by atoms with Gasteiger partial charge < -0.3 is 5.32 Å². The topological polar surface area (TPSA) is 46.9 Å². The van der Waals surface area contributed by atoms with Gasteiger partial charge in [0.15, 0.2) is 5.82 Å². The second-order valence-corrected chi connectivity index (χ2v) is 4.58. The molecule has 4 nitrogen and oxygen atoms in total. The van der Waals surface area contributed by atoms with E-state index in [9.17, 15) is 4.79 Å². The first-order chi connectivity index (χ1) is 9.79. The predicted octanol–water partition coefficient (Wildman–Crippen LogP) is 2.49. The molecule has 2 aromatic carbocycles. The molecular formula is C16H15N3O. The fourth-order valence-corrected chi connectivity index (χ4v) is 2.28. The number of benzene rings is 2. The monoisotopic (exact) mass is 265 g/mol. The molecule has 20 heavy (non-hydrogen) atoms. The third-order valence-corrected chi connectivity index (χ3v) is 3.27. The van der Waals surface area contributed by atoms with Crippen LogP contribution in [0.1, 0.15) is 5.56 Å². The molecule has 0 radical (unpaired) electrons. The summed E-state index contributed by atoms with van der Waals surface area (Å²) in [6.45, 7) is 0.539. The minimum atomic E-state index is -0.102. The Bertz CT molecular complexity index is 794. The zero-order valence-corrected chi connectivity index (χ0v) is 11.2. The van der Waals surface area contributed by atoms with Gasteiger partial charge in [-0.15, -0.1) is 0 Å². The molecule has 0 aliphatic heterocycles. The third-order valence-electron chi connectivity index (χ3n) is 3.27. The minimum Gasteiger partial charge on any atom is -0.369 e. The van der Waals surface area contributed by atoms with Crippen molar-refractivity contribution in [1.29, 1.82) is 0 Å². The Morgan fingerprint density at radius 2 is 1.75 bits per heavy atom. The predicted molar refractivity (Wildman–Crippen MR) is 81.1 cm³/mol. The van der Waals surface area contributed by atoms with E-state index in [-0.39, 0.29) is 5.56 Å². The molecule has 0 unspecified atom stereocenters. The van der Waals surface area contributed by atoms with Crippen LogP contribution < -0.4 is 10.9 Å². The number of aromatic nitrogens is 2. The summed E-state index contributed by atoms with van der Waals surface area (Å²) in [4.78, 5) is 16.8. The highest BCUT2D eigenvalue weighted by Crippen LogP contribution is 2.13. The minimum absolute atomic E-state index is 0.102. The zero-order chi connectivity index (χ0) is 13.9. The molecule has 3 aromatic rings. The van der Waals surface area contributed by atoms with E-state index < -0.39 is 0 Å². The van der Waals surface area contributed by atoms with Crippen LogP contribution in [0.25, 0.3) is 11.0 Å². The van der Waals surface area contributed by atoms with E-state index in [2.05, 4.69) is 10.3 Å². The molecule has 100 valence electrons. The zero-order valence-electron chi connectivity index (χ0n) is 11.2. The lowest BCUT2D eigenvalue weighted by Gasteiger charge is -2.12. The summed E-state index contributed by atoms with van der Waals surface area (Å²) in [6, 6.07) is 17.6. The first-order valence-electron chi connectivity index (χ1n) is 6.51. The van der Waals surface area contributed by atoms with E-state index in [1.807, 2.05) is 54.6 Å². The molecule has 0 saturated carbocycles. The first kappa shape index (κ1) is 12.4. The van der Waals surface area contributed by atoms with Crippen molar-refractivity contribution in [3.05, 3.63) is 70.5 Å². The molecule has 1 aromatic heterocycles. The number of rotatable bonds is 3. The van der Waals surface area contributed by atoms with Gasteiger partial charge in [0.05, 0.1) is 17.6 Å². The highest BCUT2D eigenvalue weighted by molar-refractivity contribution is 5.76. The van der Waals surface area contributed by atoms with E-state index in [1.54, 1.807) is 11.6 Å². The van der Waals surface area contributed by atoms with Gasteiger partial charge in [-0.1, -0.05) is 42.5 Å². The molecule has 0 amide bonds. The van der Waals surface area contributed by atoms with Crippen molar-refractivity contribution >= 4 is 16.9 Å². The van der Waals surface area contributed by atoms with E-state index in [0.29, 0.717) is 12.4 Å². The Morgan fingerprint density at radius 3 is 2.50 bits per heavy atom. The smallest absolute Gasteiger partial charge is 0.294 e. The number of nitrogens with zero attached hydrogens (tertiary/aromatic N) is 2. The molecular weight excluding hydrogens is 250 g/mol. The van der Waals surface area contributed by atoms with E-state index >= 15 is 0 Å². The van der Waals surface area contributed by atoms with Crippen molar-refractivity contribution in [2.24, 2.45) is 0 Å². The van der Waals surface area contributed by atoms with Gasteiger partial charge in [-0.05, 0) is 17.7 Å². The average molecular weight is 265 g/mol. The number of anilines is 1. The van der Waals surface area contributed by atoms with E-state index in [0.717, 1.165) is 16.6 Å². The van der Waals surface area contributed by atoms with Crippen molar-refractivity contribution in [2.45, 2.75) is 6.54 Å². The Hall–Kier alpha value is -2.62. The van der Waals surface area contributed by atoms with Crippen LogP contribution in [-0.2, 0) is 6.54 Å². The van der Waals surface area contributed by atoms with Crippen molar-refractivity contribution in [3.63, 3.8) is 0 Å². The van der Waals surface area contributed by atoms with Crippen molar-refractivity contribution in [2.75, 3.05) is 12.4 Å². The SMILES string of the molecule is CNc1nc2ccccc2n(Cc2ccccc2)c1=O. The van der Waals surface area contributed by atoms with Crippen LogP contribution >= 0.6 is 0 Å². The maximum Gasteiger partial charge on any atom is 0.294 e. The lowest BCUT2D eigenvalue weighted by Crippen LogP contribution is -2.25. The first-order valence-corrected chi connectivity index (χ1v) is 6.51. The second-order valence-electron chi connectivity index (χ2n) is 4.58. The fourth-order valence-electron chi connectivity index (χ4n) is 2.28. The van der Waals surface area contributed by atoms with Crippen LogP contribution in [0.3, 0.4) is 0 Å². The molecule has 0 aliphatic rings. The third kappa shape index (κ3) is 2.16. The van der Waals surface area contributed by atoms with Crippen LogP contribution in [0.5, 0.6) is 0 Å². The lowest BCUT2D eigenvalue weighted by molar-refractivity contribution is 0.789. The molecule has 0 spiro atoms. The molecule has 1 N–H and O–H groups in total. The highest BCUT2D eigenvalue weighted by atomic mass is 16.1. The van der Waals surface area contributed by atoms with E-state index in [1.165, 1.54) is 0 Å². The van der Waals surface area contributed by atoms with Gasteiger partial charge in [-0.2, -0.15) is 0 Å². The summed E-state index contributed by atoms with van der Waals surface area (Å²) >= 11 is 0. The second kappa shape index (κ2) is 5.17. The molecule has 0 atom stereocenters. The molecule has 4 heteroatoms. The average Bonchev–Trinajstić information content (AvgIpc) is 2.51. The van der Waals surface area contributed by atoms with Crippen LogP contribution in [0.15, 0.2) is 59.4 Å². The Kier molecular flexibility index (Phi) is 3.21.